The Morgan fingerprint density at radius 2 is 1.95 bits per heavy atom. The van der Waals surface area contributed by atoms with Crippen molar-refractivity contribution in [3.8, 4) is 0 Å². The number of rotatable bonds is 3. The molecule has 2 N–H and O–H groups in total. The molecule has 1 aromatic rings. The number of aliphatic hydroxyl groups is 1. The van der Waals surface area contributed by atoms with E-state index in [1.165, 1.54) is 11.3 Å². The first kappa shape index (κ1) is 15.9. The van der Waals surface area contributed by atoms with Gasteiger partial charge in [-0.1, -0.05) is 13.8 Å². The van der Waals surface area contributed by atoms with Crippen molar-refractivity contribution in [2.75, 3.05) is 11.9 Å². The average molecular weight is 286 g/mol. The quantitative estimate of drug-likeness (QED) is 0.895. The van der Waals surface area contributed by atoms with Crippen molar-refractivity contribution in [1.82, 2.24) is 4.98 Å². The summed E-state index contributed by atoms with van der Waals surface area (Å²) in [6, 6.07) is 0. The number of nitrogens with one attached hydrogen (secondary N) is 1. The van der Waals surface area contributed by atoms with Crippen molar-refractivity contribution in [1.29, 1.82) is 0 Å². The summed E-state index contributed by atoms with van der Waals surface area (Å²) in [5.41, 5.74) is -0.0887. The molecule has 0 aliphatic rings. The molecule has 5 nitrogen and oxygen atoms in total. The summed E-state index contributed by atoms with van der Waals surface area (Å²) < 4.78 is 5.17. The number of carbonyl (C=O) groups excluding carboxylic acids is 1. The molecule has 108 valence electrons. The largest absolute Gasteiger partial charge is 0.444 e. The number of carbonyl (C=O) groups is 1. The molecule has 1 aromatic heterocycles. The lowest BCUT2D eigenvalue weighted by Gasteiger charge is -2.20. The fourth-order valence-corrected chi connectivity index (χ4v) is 2.58. The second-order valence-corrected chi connectivity index (χ2v) is 7.10. The van der Waals surface area contributed by atoms with Crippen molar-refractivity contribution < 1.29 is 14.6 Å². The minimum atomic E-state index is -0.538. The van der Waals surface area contributed by atoms with Gasteiger partial charge in [-0.2, -0.15) is 0 Å². The zero-order chi connectivity index (χ0) is 14.8. The summed E-state index contributed by atoms with van der Waals surface area (Å²) in [6.07, 6.45) is -0.519. The highest BCUT2D eigenvalue weighted by Crippen LogP contribution is 2.33. The molecule has 0 saturated heterocycles. The SMILES string of the molecule is Cc1nc(NC(=O)OC(C)(C)C)sc1C(C)(C)CO. The van der Waals surface area contributed by atoms with Gasteiger partial charge in [0.15, 0.2) is 5.13 Å². The highest BCUT2D eigenvalue weighted by atomic mass is 32.1. The standard InChI is InChI=1S/C13H22N2O3S/c1-8-9(13(5,6)7-16)19-10(14-8)15-11(17)18-12(2,3)4/h16H,7H2,1-6H3,(H,14,15,17). The minimum absolute atomic E-state index is 0.0297. The predicted octanol–water partition coefficient (Wildman–Crippen LogP) is 3.07. The lowest BCUT2D eigenvalue weighted by molar-refractivity contribution is 0.0636. The molecule has 0 unspecified atom stereocenters. The molecule has 0 atom stereocenters. The van der Waals surface area contributed by atoms with Crippen LogP contribution in [0.5, 0.6) is 0 Å². The molecule has 1 amide bonds. The Bertz CT molecular complexity index is 461. The zero-order valence-corrected chi connectivity index (χ0v) is 13.1. The van der Waals surface area contributed by atoms with Gasteiger partial charge in [0, 0.05) is 10.3 Å². The molecule has 1 rings (SSSR count). The maximum atomic E-state index is 11.7. The van der Waals surface area contributed by atoms with Crippen LogP contribution in [-0.4, -0.2) is 28.4 Å². The van der Waals surface area contributed by atoms with Gasteiger partial charge in [0.05, 0.1) is 12.3 Å². The number of aromatic nitrogens is 1. The Morgan fingerprint density at radius 3 is 2.42 bits per heavy atom. The van der Waals surface area contributed by atoms with Gasteiger partial charge in [0.25, 0.3) is 0 Å². The van der Waals surface area contributed by atoms with Crippen LogP contribution >= 0.6 is 11.3 Å². The maximum Gasteiger partial charge on any atom is 0.413 e. The van der Waals surface area contributed by atoms with Crippen molar-refractivity contribution >= 4 is 22.6 Å². The summed E-state index contributed by atoms with van der Waals surface area (Å²) in [4.78, 5) is 16.9. The molecular weight excluding hydrogens is 264 g/mol. The molecule has 0 saturated carbocycles. The Balaban J connectivity index is 2.83. The van der Waals surface area contributed by atoms with Crippen LogP contribution in [-0.2, 0) is 10.2 Å². The van der Waals surface area contributed by atoms with Crippen molar-refractivity contribution in [3.05, 3.63) is 10.6 Å². The first-order valence-corrected chi connectivity index (χ1v) is 6.95. The van der Waals surface area contributed by atoms with Crippen molar-refractivity contribution in [2.24, 2.45) is 0 Å². The Morgan fingerprint density at radius 1 is 1.37 bits per heavy atom. The number of nitrogens with zero attached hydrogens (tertiary/aromatic N) is 1. The van der Waals surface area contributed by atoms with Crippen molar-refractivity contribution in [2.45, 2.75) is 52.6 Å². The third kappa shape index (κ3) is 4.47. The number of ether oxygens (including phenoxy) is 1. The molecule has 0 aromatic carbocycles. The molecule has 0 spiro atoms. The number of amides is 1. The van der Waals surface area contributed by atoms with E-state index in [9.17, 15) is 9.90 Å². The first-order chi connectivity index (χ1) is 8.55. The molecule has 0 radical (unpaired) electrons. The summed E-state index contributed by atoms with van der Waals surface area (Å²) in [7, 11) is 0. The third-order valence-corrected chi connectivity index (χ3v) is 3.85. The molecule has 0 bridgehead atoms. The van der Waals surface area contributed by atoms with Crippen LogP contribution in [0.15, 0.2) is 0 Å². The molecular formula is C13H22N2O3S. The van der Waals surface area contributed by atoms with E-state index in [4.69, 9.17) is 4.74 Å². The fraction of sp³-hybridized carbons (Fsp3) is 0.692. The number of aliphatic hydroxyl groups excluding tert-OH is 1. The topological polar surface area (TPSA) is 71.5 Å². The van der Waals surface area contributed by atoms with Crippen LogP contribution in [0.1, 0.15) is 45.2 Å². The van der Waals surface area contributed by atoms with E-state index in [0.29, 0.717) is 5.13 Å². The van der Waals surface area contributed by atoms with Gasteiger partial charge in [0.2, 0.25) is 0 Å². The third-order valence-electron chi connectivity index (χ3n) is 2.41. The Hall–Kier alpha value is -1.14. The molecule has 1 heterocycles. The van der Waals surface area contributed by atoms with Crippen LogP contribution in [0.4, 0.5) is 9.93 Å². The van der Waals surface area contributed by atoms with Crippen molar-refractivity contribution in [3.63, 3.8) is 0 Å². The lowest BCUT2D eigenvalue weighted by Crippen LogP contribution is -2.27. The van der Waals surface area contributed by atoms with E-state index >= 15 is 0 Å². The molecule has 0 fully saturated rings. The fourth-order valence-electron chi connectivity index (χ4n) is 1.54. The van der Waals surface area contributed by atoms with Gasteiger partial charge in [-0.15, -0.1) is 11.3 Å². The van der Waals surface area contributed by atoms with Gasteiger partial charge < -0.3 is 9.84 Å². The smallest absolute Gasteiger partial charge is 0.413 e. The van der Waals surface area contributed by atoms with Crippen LogP contribution in [0.3, 0.4) is 0 Å². The molecule has 0 aliphatic heterocycles. The van der Waals surface area contributed by atoms with E-state index in [2.05, 4.69) is 10.3 Å². The van der Waals surface area contributed by atoms with E-state index in [0.717, 1.165) is 10.6 Å². The second-order valence-electron chi connectivity index (χ2n) is 6.10. The average Bonchev–Trinajstić information content (AvgIpc) is 2.57. The number of thiazole rings is 1. The van der Waals surface area contributed by atoms with Crippen LogP contribution < -0.4 is 5.32 Å². The number of anilines is 1. The summed E-state index contributed by atoms with van der Waals surface area (Å²) in [6.45, 7) is 11.2. The van der Waals surface area contributed by atoms with Gasteiger partial charge in [-0.3, -0.25) is 5.32 Å². The summed E-state index contributed by atoms with van der Waals surface area (Å²) >= 11 is 1.36. The van der Waals surface area contributed by atoms with Gasteiger partial charge >= 0.3 is 6.09 Å². The van der Waals surface area contributed by atoms with E-state index < -0.39 is 11.7 Å². The highest BCUT2D eigenvalue weighted by molar-refractivity contribution is 7.16. The molecule has 6 heteroatoms. The Labute approximate surface area is 118 Å². The van der Waals surface area contributed by atoms with Crippen LogP contribution in [0, 0.1) is 6.92 Å². The second kappa shape index (κ2) is 5.46. The lowest BCUT2D eigenvalue weighted by atomic mass is 9.92. The van der Waals surface area contributed by atoms with Gasteiger partial charge in [-0.25, -0.2) is 9.78 Å². The molecule has 0 aliphatic carbocycles. The Kier molecular flexibility index (Phi) is 4.58. The predicted molar refractivity (Wildman–Crippen MR) is 76.8 cm³/mol. The van der Waals surface area contributed by atoms with Gasteiger partial charge in [0.1, 0.15) is 5.60 Å². The maximum absolute atomic E-state index is 11.7. The van der Waals surface area contributed by atoms with Crippen LogP contribution in [0.2, 0.25) is 0 Å². The van der Waals surface area contributed by atoms with E-state index in [1.807, 2.05) is 20.8 Å². The first-order valence-electron chi connectivity index (χ1n) is 6.14. The number of hydrogen-bond acceptors (Lipinski definition) is 5. The normalized spacial score (nSPS) is 12.4. The monoisotopic (exact) mass is 286 g/mol. The highest BCUT2D eigenvalue weighted by Gasteiger charge is 2.26. The van der Waals surface area contributed by atoms with Gasteiger partial charge in [-0.05, 0) is 27.7 Å². The van der Waals surface area contributed by atoms with E-state index in [1.54, 1.807) is 20.8 Å². The van der Waals surface area contributed by atoms with Crippen LogP contribution in [0.25, 0.3) is 0 Å². The number of aryl methyl sites for hydroxylation is 1. The minimum Gasteiger partial charge on any atom is -0.444 e. The zero-order valence-electron chi connectivity index (χ0n) is 12.3. The van der Waals surface area contributed by atoms with E-state index in [-0.39, 0.29) is 12.0 Å². The summed E-state index contributed by atoms with van der Waals surface area (Å²) in [5, 5.41) is 12.5. The summed E-state index contributed by atoms with van der Waals surface area (Å²) in [5.74, 6) is 0. The number of hydrogen-bond donors (Lipinski definition) is 2. The molecule has 19 heavy (non-hydrogen) atoms.